The van der Waals surface area contributed by atoms with E-state index in [4.69, 9.17) is 4.74 Å². The predicted molar refractivity (Wildman–Crippen MR) is 82.8 cm³/mol. The van der Waals surface area contributed by atoms with Gasteiger partial charge in [-0.05, 0) is 52.6 Å². The Bertz CT molecular complexity index is 292. The summed E-state index contributed by atoms with van der Waals surface area (Å²) >= 11 is 0. The summed E-state index contributed by atoms with van der Waals surface area (Å²) < 4.78 is 5.26. The highest BCUT2D eigenvalue weighted by Gasteiger charge is 2.39. The summed E-state index contributed by atoms with van der Waals surface area (Å²) in [4.78, 5) is 14.7. The van der Waals surface area contributed by atoms with Gasteiger partial charge in [0.15, 0.2) is 0 Å². The van der Waals surface area contributed by atoms with Crippen molar-refractivity contribution < 1.29 is 9.53 Å². The van der Waals surface area contributed by atoms with Crippen molar-refractivity contribution in [1.82, 2.24) is 10.2 Å². The number of carbonyl (C=O) groups excluding carboxylic acids is 1. The molecule has 0 bridgehead atoms. The zero-order chi connectivity index (χ0) is 15.0. The number of carbonyl (C=O) groups is 1. The molecule has 0 aromatic rings. The topological polar surface area (TPSA) is 41.6 Å². The van der Waals surface area contributed by atoms with Crippen LogP contribution in [0.5, 0.6) is 0 Å². The molecule has 0 radical (unpaired) electrons. The van der Waals surface area contributed by atoms with Gasteiger partial charge >= 0.3 is 5.97 Å². The fraction of sp³-hybridized carbons (Fsp3) is 0.938. The van der Waals surface area contributed by atoms with Gasteiger partial charge in [-0.1, -0.05) is 20.3 Å². The standard InChI is InChI=1S/C16H32N2O2/c1-5-8-12-18(6-2)13-11-16(4,15(19)20-7-3)17-14-9-10-14/h14,17H,5-13H2,1-4H3. The molecule has 1 N–H and O–H groups in total. The molecular formula is C16H32N2O2. The maximum Gasteiger partial charge on any atom is 0.326 e. The van der Waals surface area contributed by atoms with Crippen molar-refractivity contribution in [2.45, 2.75) is 71.4 Å². The maximum atomic E-state index is 12.2. The second-order valence-electron chi connectivity index (χ2n) is 6.01. The van der Waals surface area contributed by atoms with Gasteiger partial charge in [-0.3, -0.25) is 10.1 Å². The third-order valence-corrected chi connectivity index (χ3v) is 4.03. The summed E-state index contributed by atoms with van der Waals surface area (Å²) in [5.74, 6) is -0.0987. The Morgan fingerprint density at radius 3 is 2.50 bits per heavy atom. The lowest BCUT2D eigenvalue weighted by molar-refractivity contribution is -0.151. The molecule has 1 rings (SSSR count). The molecule has 0 heterocycles. The largest absolute Gasteiger partial charge is 0.465 e. The molecule has 0 saturated heterocycles. The van der Waals surface area contributed by atoms with Gasteiger partial charge in [0.25, 0.3) is 0 Å². The number of nitrogens with zero attached hydrogens (tertiary/aromatic N) is 1. The molecule has 1 aliphatic rings. The molecule has 4 nitrogen and oxygen atoms in total. The van der Waals surface area contributed by atoms with Crippen LogP contribution in [0.4, 0.5) is 0 Å². The SMILES string of the molecule is CCCCN(CC)CCC(C)(NC1CC1)C(=O)OCC. The highest BCUT2D eigenvalue weighted by molar-refractivity contribution is 5.80. The zero-order valence-electron chi connectivity index (χ0n) is 13.7. The Morgan fingerprint density at radius 2 is 2.00 bits per heavy atom. The molecule has 1 fully saturated rings. The van der Waals surface area contributed by atoms with Crippen molar-refractivity contribution in [2.75, 3.05) is 26.2 Å². The number of rotatable bonds is 11. The van der Waals surface area contributed by atoms with E-state index in [0.29, 0.717) is 12.6 Å². The minimum atomic E-state index is -0.531. The Balaban J connectivity index is 2.51. The first-order chi connectivity index (χ1) is 9.55. The summed E-state index contributed by atoms with van der Waals surface area (Å²) in [7, 11) is 0. The number of hydrogen-bond acceptors (Lipinski definition) is 4. The van der Waals surface area contributed by atoms with Crippen molar-refractivity contribution in [3.8, 4) is 0 Å². The number of hydrogen-bond donors (Lipinski definition) is 1. The van der Waals surface area contributed by atoms with Crippen molar-refractivity contribution in [3.63, 3.8) is 0 Å². The normalized spacial score (nSPS) is 18.1. The number of ether oxygens (including phenoxy) is 1. The van der Waals surface area contributed by atoms with Gasteiger partial charge in [0.05, 0.1) is 6.61 Å². The maximum absolute atomic E-state index is 12.2. The van der Waals surface area contributed by atoms with E-state index in [1.54, 1.807) is 0 Å². The number of esters is 1. The molecule has 0 aliphatic heterocycles. The van der Waals surface area contributed by atoms with Crippen LogP contribution in [-0.4, -0.2) is 48.7 Å². The van der Waals surface area contributed by atoms with E-state index < -0.39 is 5.54 Å². The predicted octanol–water partition coefficient (Wildman–Crippen LogP) is 2.57. The summed E-state index contributed by atoms with van der Waals surface area (Å²) in [5, 5.41) is 3.49. The van der Waals surface area contributed by atoms with Gasteiger partial charge in [-0.25, -0.2) is 0 Å². The van der Waals surface area contributed by atoms with E-state index in [0.717, 1.165) is 26.1 Å². The van der Waals surface area contributed by atoms with E-state index in [1.165, 1.54) is 25.7 Å². The minimum Gasteiger partial charge on any atom is -0.465 e. The average molecular weight is 284 g/mol. The van der Waals surface area contributed by atoms with Gasteiger partial charge in [-0.15, -0.1) is 0 Å². The van der Waals surface area contributed by atoms with E-state index in [9.17, 15) is 4.79 Å². The molecule has 118 valence electrons. The third-order valence-electron chi connectivity index (χ3n) is 4.03. The average Bonchev–Trinajstić information content (AvgIpc) is 3.23. The Hall–Kier alpha value is -0.610. The van der Waals surface area contributed by atoms with E-state index in [1.807, 2.05) is 13.8 Å². The van der Waals surface area contributed by atoms with Crippen molar-refractivity contribution in [1.29, 1.82) is 0 Å². The molecule has 4 heteroatoms. The zero-order valence-corrected chi connectivity index (χ0v) is 13.7. The Morgan fingerprint density at radius 1 is 1.30 bits per heavy atom. The van der Waals surface area contributed by atoms with E-state index >= 15 is 0 Å². The Labute approximate surface area is 124 Å². The first-order valence-electron chi connectivity index (χ1n) is 8.23. The van der Waals surface area contributed by atoms with Crippen LogP contribution in [0.2, 0.25) is 0 Å². The van der Waals surface area contributed by atoms with Crippen LogP contribution in [0.15, 0.2) is 0 Å². The molecule has 0 spiro atoms. The van der Waals surface area contributed by atoms with Crippen LogP contribution < -0.4 is 5.32 Å². The fourth-order valence-electron chi connectivity index (χ4n) is 2.39. The minimum absolute atomic E-state index is 0.0987. The van der Waals surface area contributed by atoms with Crippen LogP contribution in [0.25, 0.3) is 0 Å². The molecule has 0 aromatic carbocycles. The lowest BCUT2D eigenvalue weighted by atomic mass is 9.97. The Kier molecular flexibility index (Phi) is 7.52. The van der Waals surface area contributed by atoms with E-state index in [-0.39, 0.29) is 5.97 Å². The third kappa shape index (κ3) is 5.80. The lowest BCUT2D eigenvalue weighted by Crippen LogP contribution is -2.53. The molecular weight excluding hydrogens is 252 g/mol. The van der Waals surface area contributed by atoms with Gasteiger partial charge < -0.3 is 9.64 Å². The van der Waals surface area contributed by atoms with Crippen molar-refractivity contribution in [3.05, 3.63) is 0 Å². The summed E-state index contributed by atoms with van der Waals surface area (Å²) in [6, 6.07) is 0.509. The lowest BCUT2D eigenvalue weighted by Gasteiger charge is -2.31. The van der Waals surface area contributed by atoms with Crippen LogP contribution >= 0.6 is 0 Å². The first kappa shape index (κ1) is 17.4. The van der Waals surface area contributed by atoms with Crippen molar-refractivity contribution in [2.24, 2.45) is 0 Å². The first-order valence-corrected chi connectivity index (χ1v) is 8.23. The van der Waals surface area contributed by atoms with Gasteiger partial charge in [-0.2, -0.15) is 0 Å². The van der Waals surface area contributed by atoms with Crippen LogP contribution in [-0.2, 0) is 9.53 Å². The molecule has 20 heavy (non-hydrogen) atoms. The summed E-state index contributed by atoms with van der Waals surface area (Å²) in [6.45, 7) is 11.8. The van der Waals surface area contributed by atoms with Crippen LogP contribution in [0, 0.1) is 0 Å². The van der Waals surface area contributed by atoms with Gasteiger partial charge in [0, 0.05) is 12.6 Å². The quantitative estimate of drug-likeness (QED) is 0.592. The fourth-order valence-corrected chi connectivity index (χ4v) is 2.39. The molecule has 1 aliphatic carbocycles. The second-order valence-corrected chi connectivity index (χ2v) is 6.01. The highest BCUT2D eigenvalue weighted by atomic mass is 16.5. The highest BCUT2D eigenvalue weighted by Crippen LogP contribution is 2.25. The smallest absolute Gasteiger partial charge is 0.326 e. The molecule has 0 aromatic heterocycles. The van der Waals surface area contributed by atoms with Crippen LogP contribution in [0.3, 0.4) is 0 Å². The van der Waals surface area contributed by atoms with Gasteiger partial charge in [0.2, 0.25) is 0 Å². The number of nitrogens with one attached hydrogen (secondary N) is 1. The van der Waals surface area contributed by atoms with Gasteiger partial charge in [0.1, 0.15) is 5.54 Å². The van der Waals surface area contributed by atoms with E-state index in [2.05, 4.69) is 24.1 Å². The molecule has 0 amide bonds. The molecule has 1 atom stereocenters. The summed E-state index contributed by atoms with van der Waals surface area (Å²) in [5.41, 5.74) is -0.531. The van der Waals surface area contributed by atoms with Crippen LogP contribution in [0.1, 0.15) is 59.8 Å². The summed E-state index contributed by atoms with van der Waals surface area (Å²) in [6.07, 6.45) is 5.62. The van der Waals surface area contributed by atoms with Crippen molar-refractivity contribution >= 4 is 5.97 Å². The molecule has 1 saturated carbocycles. The number of unbranched alkanes of at least 4 members (excludes halogenated alkanes) is 1. The second kappa shape index (κ2) is 8.63. The monoisotopic (exact) mass is 284 g/mol. The molecule has 1 unspecified atom stereocenters.